The standard InChI is InChI=1S/C18H22ClNO/c1-14(2)20-11-6-12-21-18-10-9-16(19)13-17(18)15-7-4-3-5-8-15/h3-5,7-10,13-14,20H,6,11-12H2,1-2H3. The summed E-state index contributed by atoms with van der Waals surface area (Å²) in [6, 6.07) is 16.5. The molecule has 21 heavy (non-hydrogen) atoms. The molecule has 0 aliphatic heterocycles. The first-order valence-electron chi connectivity index (χ1n) is 7.38. The second-order valence-electron chi connectivity index (χ2n) is 5.32. The quantitative estimate of drug-likeness (QED) is 0.744. The van der Waals surface area contributed by atoms with Crippen LogP contribution in [0.2, 0.25) is 5.02 Å². The maximum Gasteiger partial charge on any atom is 0.127 e. The summed E-state index contributed by atoms with van der Waals surface area (Å²) in [4.78, 5) is 0. The zero-order valence-corrected chi connectivity index (χ0v) is 13.4. The highest BCUT2D eigenvalue weighted by atomic mass is 35.5. The van der Waals surface area contributed by atoms with Crippen LogP contribution in [0.3, 0.4) is 0 Å². The Hall–Kier alpha value is -1.51. The minimum Gasteiger partial charge on any atom is -0.493 e. The third kappa shape index (κ3) is 5.07. The average molecular weight is 304 g/mol. The monoisotopic (exact) mass is 303 g/mol. The minimum absolute atomic E-state index is 0.514. The first-order chi connectivity index (χ1) is 10.2. The molecule has 0 heterocycles. The van der Waals surface area contributed by atoms with Crippen LogP contribution in [0.5, 0.6) is 5.75 Å². The SMILES string of the molecule is CC(C)NCCCOc1ccc(Cl)cc1-c1ccccc1. The van der Waals surface area contributed by atoms with E-state index in [0.29, 0.717) is 12.6 Å². The minimum atomic E-state index is 0.514. The summed E-state index contributed by atoms with van der Waals surface area (Å²) < 4.78 is 5.93. The van der Waals surface area contributed by atoms with E-state index in [9.17, 15) is 0 Å². The zero-order valence-electron chi connectivity index (χ0n) is 12.6. The lowest BCUT2D eigenvalue weighted by atomic mass is 10.0. The lowest BCUT2D eigenvalue weighted by Crippen LogP contribution is -2.24. The maximum atomic E-state index is 6.12. The van der Waals surface area contributed by atoms with Gasteiger partial charge < -0.3 is 10.1 Å². The lowest BCUT2D eigenvalue weighted by Gasteiger charge is -2.13. The summed E-state index contributed by atoms with van der Waals surface area (Å²) in [6.45, 7) is 5.95. The Morgan fingerprint density at radius 2 is 1.86 bits per heavy atom. The Kier molecular flexibility index (Phi) is 6.09. The molecule has 0 atom stereocenters. The Balaban J connectivity index is 2.03. The van der Waals surface area contributed by atoms with Gasteiger partial charge in [0.05, 0.1) is 6.61 Å². The third-order valence-corrected chi connectivity index (χ3v) is 3.39. The molecule has 2 rings (SSSR count). The van der Waals surface area contributed by atoms with Crippen LogP contribution in [0, 0.1) is 0 Å². The predicted molar refractivity (Wildman–Crippen MR) is 90.1 cm³/mol. The molecule has 0 aromatic heterocycles. The van der Waals surface area contributed by atoms with Crippen molar-refractivity contribution in [2.45, 2.75) is 26.3 Å². The fourth-order valence-electron chi connectivity index (χ4n) is 2.12. The summed E-state index contributed by atoms with van der Waals surface area (Å²) >= 11 is 6.12. The molecule has 0 unspecified atom stereocenters. The zero-order chi connectivity index (χ0) is 15.1. The number of halogens is 1. The van der Waals surface area contributed by atoms with Gasteiger partial charge in [0.2, 0.25) is 0 Å². The van der Waals surface area contributed by atoms with Gasteiger partial charge in [-0.3, -0.25) is 0 Å². The molecular weight excluding hydrogens is 282 g/mol. The predicted octanol–water partition coefficient (Wildman–Crippen LogP) is 4.77. The number of hydrogen-bond acceptors (Lipinski definition) is 2. The highest BCUT2D eigenvalue weighted by Crippen LogP contribution is 2.32. The molecule has 0 amide bonds. The van der Waals surface area contributed by atoms with Crippen molar-refractivity contribution in [1.29, 1.82) is 0 Å². The first-order valence-corrected chi connectivity index (χ1v) is 7.76. The largest absolute Gasteiger partial charge is 0.493 e. The average Bonchev–Trinajstić information content (AvgIpc) is 2.49. The van der Waals surface area contributed by atoms with Crippen LogP contribution in [0.15, 0.2) is 48.5 Å². The van der Waals surface area contributed by atoms with Crippen LogP contribution in [0.25, 0.3) is 11.1 Å². The van der Waals surface area contributed by atoms with Crippen molar-refractivity contribution in [1.82, 2.24) is 5.32 Å². The van der Waals surface area contributed by atoms with Gasteiger partial charge in [0.25, 0.3) is 0 Å². The van der Waals surface area contributed by atoms with Gasteiger partial charge >= 0.3 is 0 Å². The maximum absolute atomic E-state index is 6.12. The van der Waals surface area contributed by atoms with Crippen molar-refractivity contribution in [3.05, 3.63) is 53.6 Å². The number of benzene rings is 2. The van der Waals surface area contributed by atoms with E-state index in [4.69, 9.17) is 16.3 Å². The fourth-order valence-corrected chi connectivity index (χ4v) is 2.29. The smallest absolute Gasteiger partial charge is 0.127 e. The Labute approximate surface area is 132 Å². The molecule has 0 aliphatic carbocycles. The molecular formula is C18H22ClNO. The molecule has 0 fully saturated rings. The summed E-state index contributed by atoms with van der Waals surface area (Å²) in [5.41, 5.74) is 2.16. The summed E-state index contributed by atoms with van der Waals surface area (Å²) in [7, 11) is 0. The van der Waals surface area contributed by atoms with E-state index in [-0.39, 0.29) is 0 Å². The first kappa shape index (κ1) is 15.9. The van der Waals surface area contributed by atoms with Crippen molar-refractivity contribution in [2.24, 2.45) is 0 Å². The molecule has 0 saturated carbocycles. The van der Waals surface area contributed by atoms with Gasteiger partial charge in [0, 0.05) is 16.6 Å². The van der Waals surface area contributed by atoms with Gasteiger partial charge in [-0.05, 0) is 36.7 Å². The normalized spacial score (nSPS) is 10.9. The Morgan fingerprint density at radius 3 is 2.57 bits per heavy atom. The van der Waals surface area contributed by atoms with Crippen molar-refractivity contribution in [2.75, 3.05) is 13.2 Å². The molecule has 0 bridgehead atoms. The van der Waals surface area contributed by atoms with Crippen molar-refractivity contribution in [3.63, 3.8) is 0 Å². The highest BCUT2D eigenvalue weighted by molar-refractivity contribution is 6.31. The number of nitrogens with one attached hydrogen (secondary N) is 1. The molecule has 2 aromatic rings. The van der Waals surface area contributed by atoms with Crippen LogP contribution in [0.1, 0.15) is 20.3 Å². The molecule has 3 heteroatoms. The van der Waals surface area contributed by atoms with Gasteiger partial charge in [0.1, 0.15) is 5.75 Å². The van der Waals surface area contributed by atoms with Crippen molar-refractivity contribution in [3.8, 4) is 16.9 Å². The Bertz CT molecular complexity index is 554. The molecule has 2 aromatic carbocycles. The van der Waals surface area contributed by atoms with E-state index in [2.05, 4.69) is 31.3 Å². The number of hydrogen-bond donors (Lipinski definition) is 1. The topological polar surface area (TPSA) is 21.3 Å². The van der Waals surface area contributed by atoms with Crippen molar-refractivity contribution < 1.29 is 4.74 Å². The Morgan fingerprint density at radius 1 is 1.10 bits per heavy atom. The molecule has 2 nitrogen and oxygen atoms in total. The molecule has 112 valence electrons. The van der Waals surface area contributed by atoms with Crippen LogP contribution >= 0.6 is 11.6 Å². The molecule has 0 saturated heterocycles. The lowest BCUT2D eigenvalue weighted by molar-refractivity contribution is 0.307. The van der Waals surface area contributed by atoms with E-state index in [0.717, 1.165) is 34.9 Å². The van der Waals surface area contributed by atoms with E-state index in [1.807, 2.05) is 36.4 Å². The molecule has 0 spiro atoms. The van der Waals surface area contributed by atoms with Gasteiger partial charge in [0.15, 0.2) is 0 Å². The van der Waals surface area contributed by atoms with E-state index < -0.39 is 0 Å². The van der Waals surface area contributed by atoms with Crippen molar-refractivity contribution >= 4 is 11.6 Å². The van der Waals surface area contributed by atoms with Crippen LogP contribution in [-0.4, -0.2) is 19.2 Å². The van der Waals surface area contributed by atoms with Gasteiger partial charge in [-0.25, -0.2) is 0 Å². The summed E-state index contributed by atoms with van der Waals surface area (Å²) in [6.07, 6.45) is 0.981. The third-order valence-electron chi connectivity index (χ3n) is 3.16. The molecule has 0 aliphatic rings. The highest BCUT2D eigenvalue weighted by Gasteiger charge is 2.07. The summed E-state index contributed by atoms with van der Waals surface area (Å²) in [5, 5.41) is 4.11. The van der Waals surface area contributed by atoms with E-state index in [1.54, 1.807) is 0 Å². The van der Waals surface area contributed by atoms with E-state index in [1.165, 1.54) is 0 Å². The van der Waals surface area contributed by atoms with E-state index >= 15 is 0 Å². The summed E-state index contributed by atoms with van der Waals surface area (Å²) in [5.74, 6) is 0.884. The second-order valence-corrected chi connectivity index (χ2v) is 5.75. The van der Waals surface area contributed by atoms with Gasteiger partial charge in [-0.15, -0.1) is 0 Å². The van der Waals surface area contributed by atoms with Gasteiger partial charge in [-0.2, -0.15) is 0 Å². The molecule has 0 radical (unpaired) electrons. The van der Waals surface area contributed by atoms with Gasteiger partial charge in [-0.1, -0.05) is 55.8 Å². The fraction of sp³-hybridized carbons (Fsp3) is 0.333. The van der Waals surface area contributed by atoms with Crippen LogP contribution in [-0.2, 0) is 0 Å². The van der Waals surface area contributed by atoms with Crippen LogP contribution < -0.4 is 10.1 Å². The van der Waals surface area contributed by atoms with Crippen LogP contribution in [0.4, 0.5) is 0 Å². The number of rotatable bonds is 7. The molecule has 1 N–H and O–H groups in total. The number of ether oxygens (including phenoxy) is 1. The second kappa shape index (κ2) is 8.06.